The van der Waals surface area contributed by atoms with Crippen LogP contribution in [0.15, 0.2) is 30.3 Å². The van der Waals surface area contributed by atoms with Crippen molar-refractivity contribution in [3.8, 4) is 0 Å². The molecule has 1 unspecified atom stereocenters. The second-order valence-corrected chi connectivity index (χ2v) is 6.97. The second kappa shape index (κ2) is 8.56. The first-order chi connectivity index (χ1) is 9.92. The van der Waals surface area contributed by atoms with Crippen LogP contribution in [-0.4, -0.2) is 48.5 Å². The number of hydrogen-bond donors (Lipinski definition) is 1. The quantitative estimate of drug-likeness (QED) is 0.244. The molecule has 1 atom stereocenters. The van der Waals surface area contributed by atoms with Crippen LogP contribution in [0.25, 0.3) is 0 Å². The third kappa shape index (κ3) is 7.60. The monoisotopic (exact) mass is 315 g/mol. The van der Waals surface area contributed by atoms with Gasteiger partial charge in [-0.15, -0.1) is 0 Å². The summed E-state index contributed by atoms with van der Waals surface area (Å²) in [6, 6.07) is 8.37. The fourth-order valence-corrected chi connectivity index (χ4v) is 2.20. The maximum atomic E-state index is 11.6. The van der Waals surface area contributed by atoms with Crippen molar-refractivity contribution in [2.45, 2.75) is 6.42 Å². The normalized spacial score (nSPS) is 13.2. The summed E-state index contributed by atoms with van der Waals surface area (Å²) in [5.74, 6) is -0.560. The fraction of sp³-hybridized carbons (Fsp3) is 0.385. The minimum absolute atomic E-state index is 0.0878. The van der Waals surface area contributed by atoms with Crippen LogP contribution in [0.1, 0.15) is 16.8 Å². The van der Waals surface area contributed by atoms with Crippen LogP contribution >= 0.6 is 7.37 Å². The van der Waals surface area contributed by atoms with Crippen LogP contribution in [-0.2, 0) is 18.9 Å². The topological polar surface area (TPSA) is 93.1 Å². The van der Waals surface area contributed by atoms with E-state index in [-0.39, 0.29) is 12.7 Å². The van der Waals surface area contributed by atoms with Gasteiger partial charge in [0.1, 0.15) is 0 Å². The van der Waals surface area contributed by atoms with E-state index < -0.39 is 20.1 Å². The molecule has 1 aromatic rings. The first-order valence-corrected chi connectivity index (χ1v) is 8.58. The van der Waals surface area contributed by atoms with Gasteiger partial charge in [-0.05, 0) is 18.6 Å². The number of benzene rings is 1. The van der Waals surface area contributed by atoms with Gasteiger partial charge in [0, 0.05) is 19.4 Å². The van der Waals surface area contributed by atoms with Gasteiger partial charge in [-0.3, -0.25) is 9.36 Å². The Kier molecular flexibility index (Phi) is 7.08. The van der Waals surface area contributed by atoms with Crippen LogP contribution < -0.4 is 0 Å². The molecule has 116 valence electrons. The van der Waals surface area contributed by atoms with Gasteiger partial charge in [-0.1, -0.05) is 18.2 Å². The number of nitrogens with zero attached hydrogens (tertiary/aromatic N) is 1. The molecular weight excluding hydrogens is 297 g/mol. The number of amides is 1. The van der Waals surface area contributed by atoms with Crippen LogP contribution in [0.2, 0.25) is 0 Å². The largest absolute Gasteiger partial charge is 0.433 e. The van der Waals surface area contributed by atoms with Crippen molar-refractivity contribution in [2.75, 3.05) is 26.2 Å². The Balaban J connectivity index is 2.27. The van der Waals surface area contributed by atoms with Gasteiger partial charge in [-0.2, -0.15) is 0 Å². The number of carbonyl (C=O) groups excluding carboxylic acids is 2. The van der Waals surface area contributed by atoms with Gasteiger partial charge in [0.2, 0.25) is 13.2 Å². The van der Waals surface area contributed by atoms with Crippen molar-refractivity contribution >= 4 is 19.7 Å². The molecule has 0 aromatic heterocycles. The number of esters is 1. The Morgan fingerprint density at radius 3 is 2.62 bits per heavy atom. The number of carbonyl (C=O) groups is 2. The average Bonchev–Trinajstić information content (AvgIpc) is 2.45. The van der Waals surface area contributed by atoms with Crippen LogP contribution in [0.5, 0.6) is 0 Å². The fourth-order valence-electron chi connectivity index (χ4n) is 1.47. The molecule has 1 amide bonds. The van der Waals surface area contributed by atoms with Crippen LogP contribution in [0.3, 0.4) is 0 Å². The molecule has 0 radical (unpaired) electrons. The summed E-state index contributed by atoms with van der Waals surface area (Å²) < 4.78 is 15.9. The van der Waals surface area contributed by atoms with Crippen LogP contribution in [0.4, 0.5) is 0 Å². The molecule has 1 aromatic carbocycles. The minimum Gasteiger partial charge on any atom is -0.433 e. The number of rotatable bonds is 9. The van der Waals surface area contributed by atoms with Gasteiger partial charge in [0.05, 0.1) is 5.56 Å². The molecule has 8 heteroatoms. The van der Waals surface area contributed by atoms with E-state index >= 15 is 0 Å². The maximum absolute atomic E-state index is 11.6. The number of hydrogen-bond acceptors (Lipinski definition) is 5. The molecule has 21 heavy (non-hydrogen) atoms. The van der Waals surface area contributed by atoms with Crippen LogP contribution in [0, 0.1) is 0 Å². The molecule has 0 heterocycles. The molecule has 0 saturated heterocycles. The molecule has 0 fully saturated rings. The van der Waals surface area contributed by atoms with E-state index in [2.05, 4.69) is 0 Å². The summed E-state index contributed by atoms with van der Waals surface area (Å²) in [6.45, 7) is 0.987. The Bertz CT molecular complexity index is 501. The summed E-state index contributed by atoms with van der Waals surface area (Å²) in [6.07, 6.45) is 0.828. The summed E-state index contributed by atoms with van der Waals surface area (Å²) in [5, 5.41) is 0.925. The van der Waals surface area contributed by atoms with Gasteiger partial charge >= 0.3 is 5.97 Å². The van der Waals surface area contributed by atoms with Gasteiger partial charge in [-0.25, -0.2) is 14.7 Å². The lowest BCUT2D eigenvalue weighted by Crippen LogP contribution is -2.26. The molecular formula is C13H18NO6P. The van der Waals surface area contributed by atoms with E-state index in [9.17, 15) is 14.2 Å². The molecule has 0 aliphatic heterocycles. The number of ether oxygens (including phenoxy) is 1. The molecule has 0 bridgehead atoms. The molecule has 7 nitrogen and oxygen atoms in total. The number of hydroxylamine groups is 2. The highest BCUT2D eigenvalue weighted by Crippen LogP contribution is 2.35. The first-order valence-electron chi connectivity index (χ1n) is 6.29. The summed E-state index contributed by atoms with van der Waals surface area (Å²) in [4.78, 5) is 36.4. The highest BCUT2D eigenvalue weighted by molar-refractivity contribution is 7.57. The van der Waals surface area contributed by atoms with E-state index in [1.807, 2.05) is 0 Å². The minimum atomic E-state index is -3.10. The van der Waals surface area contributed by atoms with Crippen molar-refractivity contribution in [3.63, 3.8) is 0 Å². The predicted molar refractivity (Wildman–Crippen MR) is 75.8 cm³/mol. The summed E-state index contributed by atoms with van der Waals surface area (Å²) in [5.41, 5.74) is 0.381. The SMILES string of the molecule is CP(=O)(O)CCCN(C=O)OCOC(=O)c1ccccc1. The Labute approximate surface area is 122 Å². The smallest absolute Gasteiger partial charge is 0.340 e. The molecule has 1 N–H and O–H groups in total. The zero-order valence-corrected chi connectivity index (χ0v) is 12.6. The van der Waals surface area contributed by atoms with E-state index in [4.69, 9.17) is 14.5 Å². The maximum Gasteiger partial charge on any atom is 0.340 e. The third-order valence-corrected chi connectivity index (χ3v) is 3.63. The van der Waals surface area contributed by atoms with Crippen molar-refractivity contribution in [3.05, 3.63) is 35.9 Å². The highest BCUT2D eigenvalue weighted by atomic mass is 31.2. The third-order valence-electron chi connectivity index (χ3n) is 2.49. The van der Waals surface area contributed by atoms with Crippen molar-refractivity contribution < 1.29 is 28.6 Å². The standard InChI is InChI=1S/C13H18NO6P/c1-21(17,18)9-5-8-14(10-15)20-11-19-13(16)12-6-3-2-4-7-12/h2-4,6-7,10H,5,8-9,11H2,1H3,(H,17,18). The Morgan fingerprint density at radius 2 is 2.05 bits per heavy atom. The summed E-state index contributed by atoms with van der Waals surface area (Å²) >= 11 is 0. The lowest BCUT2D eigenvalue weighted by molar-refractivity contribution is -0.202. The van der Waals surface area contributed by atoms with E-state index in [0.717, 1.165) is 5.06 Å². The molecule has 0 saturated carbocycles. The zero-order valence-electron chi connectivity index (χ0n) is 11.7. The van der Waals surface area contributed by atoms with Crippen molar-refractivity contribution in [1.29, 1.82) is 0 Å². The lowest BCUT2D eigenvalue weighted by Gasteiger charge is -2.16. The lowest BCUT2D eigenvalue weighted by atomic mass is 10.2. The van der Waals surface area contributed by atoms with Crippen molar-refractivity contribution in [1.82, 2.24) is 5.06 Å². The van der Waals surface area contributed by atoms with Crippen molar-refractivity contribution in [2.24, 2.45) is 0 Å². The molecule has 1 rings (SSSR count). The van der Waals surface area contributed by atoms with Gasteiger partial charge < -0.3 is 9.63 Å². The molecule has 0 aliphatic rings. The van der Waals surface area contributed by atoms with E-state index in [0.29, 0.717) is 18.4 Å². The van der Waals surface area contributed by atoms with E-state index in [1.54, 1.807) is 30.3 Å². The first kappa shape index (κ1) is 17.4. The average molecular weight is 315 g/mol. The molecule has 0 aliphatic carbocycles. The van der Waals surface area contributed by atoms with Gasteiger partial charge in [0.25, 0.3) is 0 Å². The summed E-state index contributed by atoms with van der Waals surface area (Å²) in [7, 11) is -3.10. The zero-order chi connectivity index (χ0) is 15.7. The highest BCUT2D eigenvalue weighted by Gasteiger charge is 2.12. The van der Waals surface area contributed by atoms with Gasteiger partial charge in [0.15, 0.2) is 7.37 Å². The Hall–Kier alpha value is -1.69. The predicted octanol–water partition coefficient (Wildman–Crippen LogP) is 1.48. The molecule has 0 spiro atoms. The Morgan fingerprint density at radius 1 is 1.38 bits per heavy atom. The second-order valence-electron chi connectivity index (χ2n) is 4.42. The van der Waals surface area contributed by atoms with E-state index in [1.165, 1.54) is 6.66 Å².